The van der Waals surface area contributed by atoms with Gasteiger partial charge in [-0.1, -0.05) is 18.2 Å². The van der Waals surface area contributed by atoms with Crippen LogP contribution in [-0.4, -0.2) is 18.2 Å². The van der Waals surface area contributed by atoms with Crippen molar-refractivity contribution in [3.05, 3.63) is 36.0 Å². The molecule has 0 saturated carbocycles. The summed E-state index contributed by atoms with van der Waals surface area (Å²) in [7, 11) is 0. The molecule has 2 aromatic rings. The van der Waals surface area contributed by atoms with Gasteiger partial charge in [0.05, 0.1) is 13.2 Å². The number of H-pyrrole nitrogens is 1. The quantitative estimate of drug-likeness (QED) is 0.746. The van der Waals surface area contributed by atoms with Crippen LogP contribution in [0.5, 0.6) is 0 Å². The van der Waals surface area contributed by atoms with Gasteiger partial charge in [0.15, 0.2) is 6.29 Å². The molecule has 1 fully saturated rings. The molecule has 0 bridgehead atoms. The Morgan fingerprint density at radius 1 is 1.14 bits per heavy atom. The Morgan fingerprint density at radius 3 is 2.79 bits per heavy atom. The van der Waals surface area contributed by atoms with Crippen molar-refractivity contribution in [2.45, 2.75) is 6.29 Å². The predicted octanol–water partition coefficient (Wildman–Crippen LogP) is 2.21. The largest absolute Gasteiger partial charge is 0.361 e. The highest BCUT2D eigenvalue weighted by atomic mass is 16.7. The van der Waals surface area contributed by atoms with Crippen molar-refractivity contribution in [1.29, 1.82) is 0 Å². The molecule has 1 N–H and O–H groups in total. The summed E-state index contributed by atoms with van der Waals surface area (Å²) in [5.41, 5.74) is 2.22. The molecular weight excluding hydrogens is 178 g/mol. The number of hydrogen-bond donors (Lipinski definition) is 1. The number of fused-ring (bicyclic) bond motifs is 1. The van der Waals surface area contributed by atoms with Gasteiger partial charge >= 0.3 is 0 Å². The van der Waals surface area contributed by atoms with Crippen LogP contribution in [0.15, 0.2) is 30.5 Å². The molecule has 1 aliphatic rings. The molecule has 3 heteroatoms. The van der Waals surface area contributed by atoms with Crippen molar-refractivity contribution in [2.75, 3.05) is 13.2 Å². The first-order chi connectivity index (χ1) is 6.95. The van der Waals surface area contributed by atoms with Crippen LogP contribution in [0.25, 0.3) is 10.9 Å². The van der Waals surface area contributed by atoms with E-state index < -0.39 is 0 Å². The zero-order valence-corrected chi connectivity index (χ0v) is 7.69. The number of para-hydroxylation sites is 1. The summed E-state index contributed by atoms with van der Waals surface area (Å²) in [4.78, 5) is 3.21. The molecule has 1 aromatic heterocycles. The number of benzene rings is 1. The molecule has 2 heterocycles. The van der Waals surface area contributed by atoms with Gasteiger partial charge in [-0.2, -0.15) is 0 Å². The highest BCUT2D eigenvalue weighted by Crippen LogP contribution is 2.29. The zero-order valence-electron chi connectivity index (χ0n) is 7.69. The monoisotopic (exact) mass is 189 g/mol. The van der Waals surface area contributed by atoms with Gasteiger partial charge < -0.3 is 14.5 Å². The molecule has 3 nitrogen and oxygen atoms in total. The van der Waals surface area contributed by atoms with Gasteiger partial charge in [-0.15, -0.1) is 0 Å². The van der Waals surface area contributed by atoms with Crippen LogP contribution in [-0.2, 0) is 9.47 Å². The van der Waals surface area contributed by atoms with Crippen molar-refractivity contribution in [3.63, 3.8) is 0 Å². The fraction of sp³-hybridized carbons (Fsp3) is 0.273. The summed E-state index contributed by atoms with van der Waals surface area (Å²) in [6.45, 7) is 1.37. The summed E-state index contributed by atoms with van der Waals surface area (Å²) in [6.07, 6.45) is 1.77. The highest BCUT2D eigenvalue weighted by Gasteiger charge is 2.20. The Hall–Kier alpha value is -1.32. The van der Waals surface area contributed by atoms with Gasteiger partial charge in [-0.25, -0.2) is 0 Å². The molecule has 0 amide bonds. The summed E-state index contributed by atoms with van der Waals surface area (Å²) in [5.74, 6) is 0. The van der Waals surface area contributed by atoms with Gasteiger partial charge in [0, 0.05) is 22.7 Å². The molecule has 0 radical (unpaired) electrons. The van der Waals surface area contributed by atoms with Crippen molar-refractivity contribution in [2.24, 2.45) is 0 Å². The summed E-state index contributed by atoms with van der Waals surface area (Å²) in [5, 5.41) is 1.18. The van der Waals surface area contributed by atoms with Gasteiger partial charge in [0.25, 0.3) is 0 Å². The summed E-state index contributed by atoms with van der Waals surface area (Å²) in [6, 6.07) is 8.16. The Morgan fingerprint density at radius 2 is 1.93 bits per heavy atom. The second-order valence-electron chi connectivity index (χ2n) is 3.36. The molecule has 0 spiro atoms. The lowest BCUT2D eigenvalue weighted by atomic mass is 10.2. The first kappa shape index (κ1) is 8.03. The number of aromatic nitrogens is 1. The maximum atomic E-state index is 5.46. The normalized spacial score (nSPS) is 18.0. The number of ether oxygens (including phenoxy) is 2. The molecule has 72 valence electrons. The topological polar surface area (TPSA) is 34.2 Å². The van der Waals surface area contributed by atoms with E-state index in [-0.39, 0.29) is 6.29 Å². The van der Waals surface area contributed by atoms with Crippen LogP contribution in [0, 0.1) is 0 Å². The van der Waals surface area contributed by atoms with Gasteiger partial charge in [0.1, 0.15) is 0 Å². The lowest BCUT2D eigenvalue weighted by Gasteiger charge is -2.06. The van der Waals surface area contributed by atoms with E-state index in [1.165, 1.54) is 5.39 Å². The van der Waals surface area contributed by atoms with E-state index in [1.54, 1.807) is 0 Å². The van der Waals surface area contributed by atoms with Crippen LogP contribution in [0.3, 0.4) is 0 Å². The average Bonchev–Trinajstić information content (AvgIpc) is 2.85. The summed E-state index contributed by atoms with van der Waals surface area (Å²) >= 11 is 0. The molecule has 0 unspecified atom stereocenters. The summed E-state index contributed by atoms with van der Waals surface area (Å²) < 4.78 is 10.9. The Labute approximate surface area is 81.6 Å². The van der Waals surface area contributed by atoms with Crippen LogP contribution in [0.1, 0.15) is 11.9 Å². The minimum atomic E-state index is -0.189. The minimum Gasteiger partial charge on any atom is -0.361 e. The van der Waals surface area contributed by atoms with Crippen molar-refractivity contribution in [3.8, 4) is 0 Å². The Balaban J connectivity index is 2.11. The lowest BCUT2D eigenvalue weighted by molar-refractivity contribution is -0.0429. The lowest BCUT2D eigenvalue weighted by Crippen LogP contribution is -1.95. The van der Waals surface area contributed by atoms with E-state index in [2.05, 4.69) is 11.1 Å². The van der Waals surface area contributed by atoms with Crippen LogP contribution >= 0.6 is 0 Å². The fourth-order valence-electron chi connectivity index (χ4n) is 1.83. The van der Waals surface area contributed by atoms with E-state index in [9.17, 15) is 0 Å². The molecule has 3 rings (SSSR count). The SMILES string of the molecule is c1ccc2c(C3OCCO3)c[nH]c2c1. The Bertz CT molecular complexity index is 443. The van der Waals surface area contributed by atoms with Crippen molar-refractivity contribution in [1.82, 2.24) is 4.98 Å². The maximum absolute atomic E-state index is 5.46. The van der Waals surface area contributed by atoms with E-state index in [1.807, 2.05) is 24.4 Å². The van der Waals surface area contributed by atoms with E-state index in [0.717, 1.165) is 11.1 Å². The van der Waals surface area contributed by atoms with E-state index in [0.29, 0.717) is 13.2 Å². The molecule has 1 aromatic carbocycles. The zero-order chi connectivity index (χ0) is 9.38. The molecule has 0 atom stereocenters. The fourth-order valence-corrected chi connectivity index (χ4v) is 1.83. The minimum absolute atomic E-state index is 0.189. The van der Waals surface area contributed by atoms with Gasteiger partial charge in [0.2, 0.25) is 0 Å². The smallest absolute Gasteiger partial charge is 0.186 e. The second-order valence-corrected chi connectivity index (χ2v) is 3.36. The molecular formula is C11H11NO2. The average molecular weight is 189 g/mol. The molecule has 1 saturated heterocycles. The number of aromatic amines is 1. The predicted molar refractivity (Wildman–Crippen MR) is 52.9 cm³/mol. The molecule has 1 aliphatic heterocycles. The third-order valence-corrected chi connectivity index (χ3v) is 2.50. The van der Waals surface area contributed by atoms with Gasteiger partial charge in [-0.3, -0.25) is 0 Å². The maximum Gasteiger partial charge on any atom is 0.186 e. The number of nitrogens with one attached hydrogen (secondary N) is 1. The highest BCUT2D eigenvalue weighted by molar-refractivity contribution is 5.83. The van der Waals surface area contributed by atoms with Gasteiger partial charge in [-0.05, 0) is 6.07 Å². The van der Waals surface area contributed by atoms with E-state index >= 15 is 0 Å². The second kappa shape index (κ2) is 3.12. The Kier molecular flexibility index (Phi) is 1.79. The number of rotatable bonds is 1. The van der Waals surface area contributed by atoms with Crippen molar-refractivity contribution >= 4 is 10.9 Å². The first-order valence-electron chi connectivity index (χ1n) is 4.74. The molecule has 14 heavy (non-hydrogen) atoms. The first-order valence-corrected chi connectivity index (χ1v) is 4.74. The number of hydrogen-bond acceptors (Lipinski definition) is 2. The molecule has 0 aliphatic carbocycles. The van der Waals surface area contributed by atoms with Crippen molar-refractivity contribution < 1.29 is 9.47 Å². The van der Waals surface area contributed by atoms with Crippen LogP contribution in [0.2, 0.25) is 0 Å². The van der Waals surface area contributed by atoms with Crippen LogP contribution in [0.4, 0.5) is 0 Å². The van der Waals surface area contributed by atoms with Crippen LogP contribution < -0.4 is 0 Å². The van der Waals surface area contributed by atoms with E-state index in [4.69, 9.17) is 9.47 Å². The third kappa shape index (κ3) is 1.14. The standard InChI is InChI=1S/C11H11NO2/c1-2-4-10-8(3-1)9(7-12-10)11-13-5-6-14-11/h1-4,7,11-12H,5-6H2. The third-order valence-electron chi connectivity index (χ3n) is 2.50.